The van der Waals surface area contributed by atoms with Crippen molar-refractivity contribution >= 4 is 5.96 Å². The molecule has 0 aromatic heterocycles. The van der Waals surface area contributed by atoms with Gasteiger partial charge in [0.25, 0.3) is 0 Å². The summed E-state index contributed by atoms with van der Waals surface area (Å²) in [5.41, 5.74) is 0. The fraction of sp³-hybridized carbons (Fsp3) is 0.889. The third-order valence-electron chi connectivity index (χ3n) is 2.45. The second-order valence-electron chi connectivity index (χ2n) is 3.48. The van der Waals surface area contributed by atoms with Gasteiger partial charge in [-0.15, -0.1) is 0 Å². The summed E-state index contributed by atoms with van der Waals surface area (Å²) >= 11 is 0. The lowest BCUT2D eigenvalue weighted by molar-refractivity contribution is 0.116. The van der Waals surface area contributed by atoms with Gasteiger partial charge in [0.2, 0.25) is 0 Å². The van der Waals surface area contributed by atoms with E-state index < -0.39 is 0 Å². The Bertz CT molecular complexity index is 182. The minimum Gasteiger partial charge on any atom is -0.393 e. The Hall–Kier alpha value is -0.770. The molecular formula is C9H19N3O. The second kappa shape index (κ2) is 5.07. The Labute approximate surface area is 79.4 Å². The zero-order chi connectivity index (χ0) is 9.68. The molecule has 0 radical (unpaired) electrons. The summed E-state index contributed by atoms with van der Waals surface area (Å²) in [6.45, 7) is 0. The highest BCUT2D eigenvalue weighted by Gasteiger charge is 2.20. The van der Waals surface area contributed by atoms with Gasteiger partial charge in [0.15, 0.2) is 5.96 Å². The van der Waals surface area contributed by atoms with E-state index in [0.717, 1.165) is 31.6 Å². The Morgan fingerprint density at radius 1 is 1.46 bits per heavy atom. The monoisotopic (exact) mass is 185 g/mol. The molecule has 3 N–H and O–H groups in total. The number of nitrogens with one attached hydrogen (secondary N) is 2. The van der Waals surface area contributed by atoms with Crippen LogP contribution in [0.4, 0.5) is 0 Å². The van der Waals surface area contributed by atoms with Crippen molar-refractivity contribution < 1.29 is 5.11 Å². The van der Waals surface area contributed by atoms with E-state index in [1.165, 1.54) is 0 Å². The molecule has 0 aromatic rings. The van der Waals surface area contributed by atoms with Gasteiger partial charge < -0.3 is 15.7 Å². The van der Waals surface area contributed by atoms with Crippen molar-refractivity contribution in [3.05, 3.63) is 0 Å². The molecule has 0 amide bonds. The first-order valence-electron chi connectivity index (χ1n) is 4.85. The Balaban J connectivity index is 2.35. The molecule has 0 heterocycles. The van der Waals surface area contributed by atoms with Crippen LogP contribution < -0.4 is 10.6 Å². The molecule has 1 saturated carbocycles. The first kappa shape index (κ1) is 10.3. The van der Waals surface area contributed by atoms with Gasteiger partial charge in [-0.2, -0.15) is 0 Å². The minimum atomic E-state index is -0.138. The average Bonchev–Trinajstić information content (AvgIpc) is 2.14. The van der Waals surface area contributed by atoms with Crippen LogP contribution in [0.1, 0.15) is 25.7 Å². The van der Waals surface area contributed by atoms with Crippen molar-refractivity contribution in [1.82, 2.24) is 10.6 Å². The fourth-order valence-electron chi connectivity index (χ4n) is 1.74. The van der Waals surface area contributed by atoms with Gasteiger partial charge in [0.1, 0.15) is 0 Å². The lowest BCUT2D eigenvalue weighted by Gasteiger charge is -2.27. The summed E-state index contributed by atoms with van der Waals surface area (Å²) < 4.78 is 0. The van der Waals surface area contributed by atoms with E-state index in [-0.39, 0.29) is 6.10 Å². The summed E-state index contributed by atoms with van der Waals surface area (Å²) in [7, 11) is 3.59. The molecular weight excluding hydrogens is 166 g/mol. The number of guanidine groups is 1. The van der Waals surface area contributed by atoms with E-state index in [2.05, 4.69) is 15.6 Å². The average molecular weight is 185 g/mol. The number of hydrogen-bond acceptors (Lipinski definition) is 2. The SMILES string of the molecule is C/N=C(\NC)N[C@@H]1CCC[C@H](O)C1. The topological polar surface area (TPSA) is 56.7 Å². The van der Waals surface area contributed by atoms with Crippen LogP contribution in [0.2, 0.25) is 0 Å². The highest BCUT2D eigenvalue weighted by Crippen LogP contribution is 2.17. The maximum absolute atomic E-state index is 9.44. The van der Waals surface area contributed by atoms with Crippen LogP contribution in [0.3, 0.4) is 0 Å². The molecule has 0 spiro atoms. The Morgan fingerprint density at radius 3 is 2.77 bits per heavy atom. The molecule has 0 bridgehead atoms. The molecule has 0 saturated heterocycles. The highest BCUT2D eigenvalue weighted by molar-refractivity contribution is 5.79. The highest BCUT2D eigenvalue weighted by atomic mass is 16.3. The zero-order valence-electron chi connectivity index (χ0n) is 8.38. The quantitative estimate of drug-likeness (QED) is 0.401. The van der Waals surface area contributed by atoms with Crippen molar-refractivity contribution in [2.45, 2.75) is 37.8 Å². The van der Waals surface area contributed by atoms with Crippen LogP contribution in [0, 0.1) is 0 Å². The van der Waals surface area contributed by atoms with Crippen LogP contribution in [-0.4, -0.2) is 37.3 Å². The first-order chi connectivity index (χ1) is 6.26. The van der Waals surface area contributed by atoms with E-state index in [4.69, 9.17) is 0 Å². The van der Waals surface area contributed by atoms with Crippen molar-refractivity contribution in [2.75, 3.05) is 14.1 Å². The molecule has 2 atom stereocenters. The predicted octanol–water partition coefficient (Wildman–Crippen LogP) is 0.0847. The number of nitrogens with zero attached hydrogens (tertiary/aromatic N) is 1. The van der Waals surface area contributed by atoms with Crippen LogP contribution in [0.5, 0.6) is 0 Å². The zero-order valence-corrected chi connectivity index (χ0v) is 8.38. The minimum absolute atomic E-state index is 0.138. The molecule has 1 fully saturated rings. The normalized spacial score (nSPS) is 29.9. The second-order valence-corrected chi connectivity index (χ2v) is 3.48. The summed E-state index contributed by atoms with van der Waals surface area (Å²) in [5, 5.41) is 15.7. The van der Waals surface area contributed by atoms with Crippen molar-refractivity contribution in [3.8, 4) is 0 Å². The standard InChI is InChI=1S/C9H19N3O/c1-10-9(11-2)12-7-4-3-5-8(13)6-7/h7-8,13H,3-6H2,1-2H3,(H2,10,11,12)/t7-,8+/m1/s1. The molecule has 0 aromatic carbocycles. The Morgan fingerprint density at radius 2 is 2.23 bits per heavy atom. The molecule has 0 unspecified atom stereocenters. The van der Waals surface area contributed by atoms with E-state index in [0.29, 0.717) is 6.04 Å². The third kappa shape index (κ3) is 3.22. The predicted molar refractivity (Wildman–Crippen MR) is 53.8 cm³/mol. The summed E-state index contributed by atoms with van der Waals surface area (Å²) in [6, 6.07) is 0.370. The van der Waals surface area contributed by atoms with Crippen molar-refractivity contribution in [3.63, 3.8) is 0 Å². The van der Waals surface area contributed by atoms with Crippen LogP contribution >= 0.6 is 0 Å². The fourth-order valence-corrected chi connectivity index (χ4v) is 1.74. The van der Waals surface area contributed by atoms with E-state index >= 15 is 0 Å². The molecule has 1 aliphatic rings. The summed E-state index contributed by atoms with van der Waals surface area (Å²) in [6.07, 6.45) is 3.86. The molecule has 1 rings (SSSR count). The third-order valence-corrected chi connectivity index (χ3v) is 2.45. The molecule has 4 heteroatoms. The molecule has 76 valence electrons. The first-order valence-corrected chi connectivity index (χ1v) is 4.85. The maximum atomic E-state index is 9.44. The van der Waals surface area contributed by atoms with Crippen molar-refractivity contribution in [2.24, 2.45) is 4.99 Å². The van der Waals surface area contributed by atoms with Gasteiger partial charge >= 0.3 is 0 Å². The van der Waals surface area contributed by atoms with Gasteiger partial charge in [0.05, 0.1) is 6.10 Å². The van der Waals surface area contributed by atoms with E-state index in [9.17, 15) is 5.11 Å². The van der Waals surface area contributed by atoms with E-state index in [1.54, 1.807) is 7.05 Å². The van der Waals surface area contributed by atoms with Gasteiger partial charge in [-0.05, 0) is 25.7 Å². The number of aliphatic hydroxyl groups is 1. The molecule has 1 aliphatic carbocycles. The number of aliphatic imine (C=N–C) groups is 1. The van der Waals surface area contributed by atoms with Gasteiger partial charge in [-0.1, -0.05) is 0 Å². The number of rotatable bonds is 1. The molecule has 0 aliphatic heterocycles. The summed E-state index contributed by atoms with van der Waals surface area (Å²) in [4.78, 5) is 4.04. The maximum Gasteiger partial charge on any atom is 0.190 e. The van der Waals surface area contributed by atoms with Crippen LogP contribution in [0.15, 0.2) is 4.99 Å². The smallest absolute Gasteiger partial charge is 0.190 e. The molecule has 4 nitrogen and oxygen atoms in total. The van der Waals surface area contributed by atoms with Crippen LogP contribution in [-0.2, 0) is 0 Å². The van der Waals surface area contributed by atoms with Crippen molar-refractivity contribution in [1.29, 1.82) is 0 Å². The largest absolute Gasteiger partial charge is 0.393 e. The number of aliphatic hydroxyl groups excluding tert-OH is 1. The molecule has 13 heavy (non-hydrogen) atoms. The lowest BCUT2D eigenvalue weighted by atomic mass is 9.93. The van der Waals surface area contributed by atoms with Gasteiger partial charge in [-0.25, -0.2) is 0 Å². The van der Waals surface area contributed by atoms with Gasteiger partial charge in [0, 0.05) is 20.1 Å². The van der Waals surface area contributed by atoms with E-state index in [1.807, 2.05) is 7.05 Å². The number of hydrogen-bond donors (Lipinski definition) is 3. The lowest BCUT2D eigenvalue weighted by Crippen LogP contribution is -2.44. The summed E-state index contributed by atoms with van der Waals surface area (Å²) in [5.74, 6) is 0.805. The van der Waals surface area contributed by atoms with Crippen LogP contribution in [0.25, 0.3) is 0 Å². The van der Waals surface area contributed by atoms with Gasteiger partial charge in [-0.3, -0.25) is 4.99 Å². The Kier molecular flexibility index (Phi) is 4.02.